The van der Waals surface area contributed by atoms with E-state index in [1.807, 2.05) is 19.2 Å². The first-order valence-corrected chi connectivity index (χ1v) is 11.3. The first-order valence-electron chi connectivity index (χ1n) is 9.78. The van der Waals surface area contributed by atoms with Gasteiger partial charge in [0.05, 0.1) is 10.6 Å². The Hall–Kier alpha value is -3.39. The molecule has 0 saturated carbocycles. The molecule has 0 saturated heterocycles. The second kappa shape index (κ2) is 8.03. The maximum Gasteiger partial charge on any atom is 0.262 e. The summed E-state index contributed by atoms with van der Waals surface area (Å²) in [7, 11) is -2.07. The fourth-order valence-corrected chi connectivity index (χ4v) is 4.93. The molecule has 0 bridgehead atoms. The molecule has 160 valence electrons. The zero-order valence-corrected chi connectivity index (χ0v) is 18.0. The first-order chi connectivity index (χ1) is 14.7. The second-order valence-electron chi connectivity index (χ2n) is 7.53. The molecule has 0 aliphatic carbocycles. The molecule has 31 heavy (non-hydrogen) atoms. The number of sulfonamides is 1. The van der Waals surface area contributed by atoms with E-state index in [-0.39, 0.29) is 16.5 Å². The minimum Gasteiger partial charge on any atom is -0.374 e. The average Bonchev–Trinajstić information content (AvgIpc) is 3.11. The van der Waals surface area contributed by atoms with Crippen LogP contribution in [0.25, 0.3) is 0 Å². The van der Waals surface area contributed by atoms with Gasteiger partial charge in [-0.3, -0.25) is 9.52 Å². The van der Waals surface area contributed by atoms with Crippen molar-refractivity contribution in [3.63, 3.8) is 0 Å². The van der Waals surface area contributed by atoms with Crippen LogP contribution in [-0.4, -0.2) is 27.9 Å². The van der Waals surface area contributed by atoms with Crippen molar-refractivity contribution in [3.8, 4) is 0 Å². The molecule has 4 rings (SSSR count). The first kappa shape index (κ1) is 20.9. The van der Waals surface area contributed by atoms with Gasteiger partial charge in [-0.2, -0.15) is 0 Å². The van der Waals surface area contributed by atoms with Crippen LogP contribution in [0.15, 0.2) is 65.6 Å². The van der Waals surface area contributed by atoms with Gasteiger partial charge in [-0.05, 0) is 60.9 Å². The number of likely N-dealkylation sites (N-methyl/N-ethyl adjacent to an activating group) is 1. The van der Waals surface area contributed by atoms with Crippen LogP contribution >= 0.6 is 0 Å². The number of carbonyl (C=O) groups is 1. The molecule has 0 radical (unpaired) electrons. The summed E-state index contributed by atoms with van der Waals surface area (Å²) in [6.45, 7) is 2.55. The van der Waals surface area contributed by atoms with Gasteiger partial charge in [-0.15, -0.1) is 0 Å². The number of nitrogens with zero attached hydrogens (tertiary/aromatic N) is 1. The van der Waals surface area contributed by atoms with Gasteiger partial charge in [0, 0.05) is 30.5 Å². The number of carbonyl (C=O) groups excluding carboxylic acids is 1. The molecule has 0 spiro atoms. The molecule has 1 aliphatic heterocycles. The largest absolute Gasteiger partial charge is 0.374 e. The third-order valence-corrected chi connectivity index (χ3v) is 6.84. The molecular weight excluding hydrogens is 417 g/mol. The van der Waals surface area contributed by atoms with Crippen LogP contribution < -0.4 is 14.9 Å². The molecule has 6 nitrogen and oxygen atoms in total. The number of anilines is 3. The standard InChI is InChI=1S/C23H22FN3O3S/c1-15-7-10-18(14-22(15)31(29,30)26-20-6-4-3-5-19(20)24)25-23(28)17-9-8-16-11-12-27(2)21(16)13-17/h3-10,13-14,26H,11-12H2,1-2H3,(H,25,28). The van der Waals surface area contributed by atoms with Crippen molar-refractivity contribution >= 4 is 33.0 Å². The number of hydrogen-bond donors (Lipinski definition) is 2. The van der Waals surface area contributed by atoms with Gasteiger partial charge in [-0.25, -0.2) is 12.8 Å². The van der Waals surface area contributed by atoms with E-state index in [1.54, 1.807) is 31.2 Å². The molecule has 3 aromatic carbocycles. The summed E-state index contributed by atoms with van der Waals surface area (Å²) in [4.78, 5) is 14.8. The molecular formula is C23H22FN3O3S. The quantitative estimate of drug-likeness (QED) is 0.625. The van der Waals surface area contributed by atoms with Crippen molar-refractivity contribution in [2.24, 2.45) is 0 Å². The summed E-state index contributed by atoms with van der Waals surface area (Å²) in [6, 6.07) is 15.7. The maximum absolute atomic E-state index is 13.9. The number of aryl methyl sites for hydroxylation is 1. The van der Waals surface area contributed by atoms with E-state index >= 15 is 0 Å². The van der Waals surface area contributed by atoms with Crippen molar-refractivity contribution in [3.05, 3.63) is 83.2 Å². The van der Waals surface area contributed by atoms with Gasteiger partial charge in [0.25, 0.3) is 15.9 Å². The molecule has 0 aromatic heterocycles. The summed E-state index contributed by atoms with van der Waals surface area (Å²) in [6.07, 6.45) is 0.946. The number of hydrogen-bond acceptors (Lipinski definition) is 4. The number of benzene rings is 3. The number of halogens is 1. The van der Waals surface area contributed by atoms with Crippen LogP contribution in [-0.2, 0) is 16.4 Å². The van der Waals surface area contributed by atoms with Gasteiger partial charge in [0.1, 0.15) is 5.82 Å². The van der Waals surface area contributed by atoms with Crippen LogP contribution in [0.3, 0.4) is 0 Å². The molecule has 1 aliphatic rings. The van der Waals surface area contributed by atoms with Gasteiger partial charge in [-0.1, -0.05) is 24.3 Å². The molecule has 1 heterocycles. The molecule has 8 heteroatoms. The van der Waals surface area contributed by atoms with Gasteiger partial charge < -0.3 is 10.2 Å². The minimum absolute atomic E-state index is 0.0396. The number of amides is 1. The Morgan fingerprint density at radius 1 is 1.06 bits per heavy atom. The predicted octanol–water partition coefficient (Wildman–Crippen LogP) is 4.18. The maximum atomic E-state index is 13.9. The zero-order chi connectivity index (χ0) is 22.2. The van der Waals surface area contributed by atoms with Crippen LogP contribution in [0.2, 0.25) is 0 Å². The Labute approximate surface area is 180 Å². The molecule has 0 atom stereocenters. The van der Waals surface area contributed by atoms with E-state index < -0.39 is 15.8 Å². The Kier molecular flexibility index (Phi) is 5.41. The Morgan fingerprint density at radius 3 is 2.61 bits per heavy atom. The minimum atomic E-state index is -4.05. The summed E-state index contributed by atoms with van der Waals surface area (Å²) in [5.74, 6) is -1.01. The summed E-state index contributed by atoms with van der Waals surface area (Å²) in [5, 5.41) is 2.76. The summed E-state index contributed by atoms with van der Waals surface area (Å²) in [5.41, 5.74) is 3.37. The smallest absolute Gasteiger partial charge is 0.262 e. The number of fused-ring (bicyclic) bond motifs is 1. The SMILES string of the molecule is Cc1ccc(NC(=O)c2ccc3c(c2)N(C)CC3)cc1S(=O)(=O)Nc1ccccc1F. The van der Waals surface area contributed by atoms with Gasteiger partial charge in [0.15, 0.2) is 0 Å². The predicted molar refractivity (Wildman–Crippen MR) is 120 cm³/mol. The van der Waals surface area contributed by atoms with E-state index in [9.17, 15) is 17.6 Å². The van der Waals surface area contributed by atoms with E-state index in [0.717, 1.165) is 18.7 Å². The lowest BCUT2D eigenvalue weighted by molar-refractivity contribution is 0.102. The van der Waals surface area contributed by atoms with Gasteiger partial charge in [0.2, 0.25) is 0 Å². The number of rotatable bonds is 5. The topological polar surface area (TPSA) is 78.5 Å². The monoisotopic (exact) mass is 439 g/mol. The van der Waals surface area contributed by atoms with Crippen molar-refractivity contribution in [1.82, 2.24) is 0 Å². The van der Waals surface area contributed by atoms with E-state index in [4.69, 9.17) is 0 Å². The van der Waals surface area contributed by atoms with E-state index in [2.05, 4.69) is 14.9 Å². The number of para-hydroxylation sites is 1. The second-order valence-corrected chi connectivity index (χ2v) is 9.19. The molecule has 3 aromatic rings. The highest BCUT2D eigenvalue weighted by Crippen LogP contribution is 2.28. The highest BCUT2D eigenvalue weighted by Gasteiger charge is 2.21. The van der Waals surface area contributed by atoms with Crippen molar-refractivity contribution in [2.45, 2.75) is 18.2 Å². The third-order valence-electron chi connectivity index (χ3n) is 5.33. The lowest BCUT2D eigenvalue weighted by Crippen LogP contribution is -2.17. The van der Waals surface area contributed by atoms with Crippen LogP contribution in [0, 0.1) is 12.7 Å². The summed E-state index contributed by atoms with van der Waals surface area (Å²) >= 11 is 0. The third kappa shape index (κ3) is 4.25. The van der Waals surface area contributed by atoms with Crippen molar-refractivity contribution in [2.75, 3.05) is 28.5 Å². The Morgan fingerprint density at radius 2 is 1.84 bits per heavy atom. The molecule has 0 fully saturated rings. The lowest BCUT2D eigenvalue weighted by Gasteiger charge is -2.14. The number of nitrogens with one attached hydrogen (secondary N) is 2. The highest BCUT2D eigenvalue weighted by atomic mass is 32.2. The van der Waals surface area contributed by atoms with Crippen LogP contribution in [0.5, 0.6) is 0 Å². The van der Waals surface area contributed by atoms with Crippen LogP contribution in [0.1, 0.15) is 21.5 Å². The van der Waals surface area contributed by atoms with E-state index in [1.165, 1.54) is 29.8 Å². The van der Waals surface area contributed by atoms with Crippen molar-refractivity contribution < 1.29 is 17.6 Å². The van der Waals surface area contributed by atoms with Crippen molar-refractivity contribution in [1.29, 1.82) is 0 Å². The summed E-state index contributed by atoms with van der Waals surface area (Å²) < 4.78 is 41.9. The molecule has 0 unspecified atom stereocenters. The van der Waals surface area contributed by atoms with Crippen LogP contribution in [0.4, 0.5) is 21.5 Å². The average molecular weight is 440 g/mol. The Bertz CT molecular complexity index is 1270. The van der Waals surface area contributed by atoms with E-state index in [0.29, 0.717) is 16.8 Å². The highest BCUT2D eigenvalue weighted by molar-refractivity contribution is 7.92. The Balaban J connectivity index is 1.59. The lowest BCUT2D eigenvalue weighted by atomic mass is 10.1. The molecule has 2 N–H and O–H groups in total. The van der Waals surface area contributed by atoms with Gasteiger partial charge >= 0.3 is 0 Å². The zero-order valence-electron chi connectivity index (χ0n) is 17.1. The molecule has 1 amide bonds. The fourth-order valence-electron chi connectivity index (χ4n) is 3.59. The fraction of sp³-hybridized carbons (Fsp3) is 0.174. The normalized spacial score (nSPS) is 13.1.